The van der Waals surface area contributed by atoms with Gasteiger partial charge in [-0.25, -0.2) is 4.39 Å². The minimum atomic E-state index is -2.09. The number of hydrogen-bond acceptors (Lipinski definition) is 1. The van der Waals surface area contributed by atoms with E-state index >= 15 is 0 Å². The summed E-state index contributed by atoms with van der Waals surface area (Å²) >= 11 is 0. The van der Waals surface area contributed by atoms with Crippen LogP contribution in [0.4, 0.5) is 4.39 Å². The zero-order chi connectivity index (χ0) is 24.3. The van der Waals surface area contributed by atoms with Crippen LogP contribution >= 0.6 is 7.26 Å². The summed E-state index contributed by atoms with van der Waals surface area (Å²) in [5, 5.41) is 4.01. The Balaban J connectivity index is 0.00000304. The van der Waals surface area contributed by atoms with Gasteiger partial charge in [0, 0.05) is 17.0 Å². The molecule has 180 valence electrons. The second-order valence-electron chi connectivity index (χ2n) is 8.86. The normalized spacial score (nSPS) is 11.1. The van der Waals surface area contributed by atoms with Crippen molar-refractivity contribution in [2.45, 2.75) is 20.0 Å². The minimum absolute atomic E-state index is 0. The van der Waals surface area contributed by atoms with Crippen LogP contribution in [0.3, 0.4) is 0 Å². The van der Waals surface area contributed by atoms with Crippen LogP contribution in [0.15, 0.2) is 121 Å². The highest BCUT2D eigenvalue weighted by Crippen LogP contribution is 2.59. The molecule has 0 aliphatic carbocycles. The maximum Gasteiger partial charge on any atom is 0.123 e. The lowest BCUT2D eigenvalue weighted by atomic mass is 9.99. The van der Waals surface area contributed by atoms with Gasteiger partial charge in [0.2, 0.25) is 0 Å². The average molecular weight is 556 g/mol. The summed E-state index contributed by atoms with van der Waals surface area (Å²) in [5.74, 6) is -0.225. The number of halogens is 2. The fourth-order valence-corrected chi connectivity index (χ4v) is 9.31. The number of hydrogen-bond donors (Lipinski definition) is 0. The van der Waals surface area contributed by atoms with Gasteiger partial charge in [-0.1, -0.05) is 66.7 Å². The summed E-state index contributed by atoms with van der Waals surface area (Å²) in [7, 11) is -2.09. The lowest BCUT2D eigenvalue weighted by Gasteiger charge is -2.29. The van der Waals surface area contributed by atoms with Crippen LogP contribution in [0.25, 0.3) is 11.1 Å². The van der Waals surface area contributed by atoms with E-state index in [4.69, 9.17) is 4.98 Å². The molecule has 4 heteroatoms. The van der Waals surface area contributed by atoms with Gasteiger partial charge in [0.25, 0.3) is 0 Å². The highest BCUT2D eigenvalue weighted by Gasteiger charge is 2.46. The van der Waals surface area contributed by atoms with Crippen molar-refractivity contribution in [2.24, 2.45) is 0 Å². The third-order valence-electron chi connectivity index (χ3n) is 6.60. The first-order valence-electron chi connectivity index (χ1n) is 11.9. The molecule has 0 saturated heterocycles. The maximum absolute atomic E-state index is 13.8. The number of aromatic nitrogens is 1. The topological polar surface area (TPSA) is 12.9 Å². The van der Waals surface area contributed by atoms with Gasteiger partial charge in [-0.2, -0.15) is 0 Å². The molecular formula is C32H28BrFNP. The van der Waals surface area contributed by atoms with E-state index in [0.29, 0.717) is 0 Å². The zero-order valence-corrected chi connectivity index (χ0v) is 22.9. The van der Waals surface area contributed by atoms with E-state index in [-0.39, 0.29) is 22.8 Å². The van der Waals surface area contributed by atoms with E-state index in [1.165, 1.54) is 33.6 Å². The smallest absolute Gasteiger partial charge is 0.123 e. The number of benzene rings is 4. The minimum Gasteiger partial charge on any atom is -1.00 e. The lowest BCUT2D eigenvalue weighted by Crippen LogP contribution is -3.00. The molecule has 0 fully saturated rings. The fraction of sp³-hybridized carbons (Fsp3) is 0.0938. The summed E-state index contributed by atoms with van der Waals surface area (Å²) in [6, 6.07) is 41.6. The molecule has 0 aliphatic rings. The Kier molecular flexibility index (Phi) is 8.14. The molecule has 0 atom stereocenters. The predicted molar refractivity (Wildman–Crippen MR) is 148 cm³/mol. The molecule has 36 heavy (non-hydrogen) atoms. The molecule has 0 saturated carbocycles. The fourth-order valence-electron chi connectivity index (χ4n) is 4.95. The number of aryl methyl sites for hydroxylation is 2. The first kappa shape index (κ1) is 25.9. The van der Waals surface area contributed by atoms with Gasteiger partial charge in [0.05, 0.1) is 0 Å². The molecule has 0 N–H and O–H groups in total. The summed E-state index contributed by atoms with van der Waals surface area (Å²) in [6.07, 6.45) is 0.830. The van der Waals surface area contributed by atoms with Crippen molar-refractivity contribution in [3.63, 3.8) is 0 Å². The molecule has 5 aromatic rings. The summed E-state index contributed by atoms with van der Waals surface area (Å²) in [5.41, 5.74) is 5.35. The van der Waals surface area contributed by atoms with Crippen LogP contribution in [0.1, 0.15) is 17.0 Å². The van der Waals surface area contributed by atoms with Gasteiger partial charge >= 0.3 is 0 Å². The predicted octanol–water partition coefficient (Wildman–Crippen LogP) is 4.00. The first-order valence-corrected chi connectivity index (χ1v) is 13.8. The Labute approximate surface area is 224 Å². The van der Waals surface area contributed by atoms with Crippen LogP contribution in [-0.2, 0) is 6.16 Å². The van der Waals surface area contributed by atoms with Crippen LogP contribution in [0.5, 0.6) is 0 Å². The van der Waals surface area contributed by atoms with Gasteiger partial charge in [0.15, 0.2) is 0 Å². The number of rotatable bonds is 6. The maximum atomic E-state index is 13.8. The van der Waals surface area contributed by atoms with Crippen molar-refractivity contribution in [3.8, 4) is 11.1 Å². The SMILES string of the molecule is Cc1cc(-c2ccc(F)cc2)c(C[P+](c2ccccc2)(c2ccccc2)c2ccccc2)c(C)n1.[Br-]. The molecule has 0 unspecified atom stereocenters. The molecule has 5 rings (SSSR count). The largest absolute Gasteiger partial charge is 1.00 e. The van der Waals surface area contributed by atoms with Crippen molar-refractivity contribution in [2.75, 3.05) is 0 Å². The molecule has 1 aromatic heterocycles. The molecule has 1 nitrogen and oxygen atoms in total. The molecule has 0 radical (unpaired) electrons. The zero-order valence-electron chi connectivity index (χ0n) is 20.4. The molecule has 4 aromatic carbocycles. The van der Waals surface area contributed by atoms with Gasteiger partial charge in [0.1, 0.15) is 35.2 Å². The third-order valence-corrected chi connectivity index (χ3v) is 10.9. The highest BCUT2D eigenvalue weighted by atomic mass is 79.9. The monoisotopic (exact) mass is 555 g/mol. The highest BCUT2D eigenvalue weighted by molar-refractivity contribution is 7.95. The molecule has 0 bridgehead atoms. The van der Waals surface area contributed by atoms with Crippen LogP contribution in [0.2, 0.25) is 0 Å². The first-order chi connectivity index (χ1) is 17.1. The molecule has 0 amide bonds. The van der Waals surface area contributed by atoms with Crippen LogP contribution in [0, 0.1) is 19.7 Å². The second-order valence-corrected chi connectivity index (χ2v) is 12.3. The summed E-state index contributed by atoms with van der Waals surface area (Å²) in [4.78, 5) is 4.89. The second kappa shape index (κ2) is 11.3. The van der Waals surface area contributed by atoms with E-state index in [9.17, 15) is 4.39 Å². The van der Waals surface area contributed by atoms with Gasteiger partial charge in [-0.3, -0.25) is 4.98 Å². The summed E-state index contributed by atoms with van der Waals surface area (Å²) in [6.45, 7) is 4.13. The Morgan fingerprint density at radius 3 is 1.53 bits per heavy atom. The van der Waals surface area contributed by atoms with Gasteiger partial charge < -0.3 is 17.0 Å². The van der Waals surface area contributed by atoms with Crippen molar-refractivity contribution >= 4 is 23.2 Å². The Morgan fingerprint density at radius 2 is 1.08 bits per heavy atom. The Hall–Kier alpha value is -3.13. The number of pyridine rings is 1. The Morgan fingerprint density at radius 1 is 0.639 bits per heavy atom. The molecular weight excluding hydrogens is 528 g/mol. The standard InChI is InChI=1S/C32H28FNP.BrH/c1-24-22-31(26-18-20-27(33)21-19-26)32(25(2)34-24)23-35(28-12-6-3-7-13-28,29-14-8-4-9-15-29)30-16-10-5-11-17-30;/h3-22H,23H2,1-2H3;1H/q+1;/p-1. The van der Waals surface area contributed by atoms with Crippen molar-refractivity contribution in [1.29, 1.82) is 0 Å². The van der Waals surface area contributed by atoms with Crippen LogP contribution in [-0.4, -0.2) is 4.98 Å². The Bertz CT molecular complexity index is 1330. The van der Waals surface area contributed by atoms with Gasteiger partial charge in [-0.15, -0.1) is 0 Å². The molecule has 1 heterocycles. The lowest BCUT2D eigenvalue weighted by molar-refractivity contribution is -0.00000765. The number of nitrogens with zero attached hydrogens (tertiary/aromatic N) is 1. The van der Waals surface area contributed by atoms with E-state index in [1.807, 2.05) is 19.1 Å². The van der Waals surface area contributed by atoms with Crippen molar-refractivity contribution in [1.82, 2.24) is 4.98 Å². The van der Waals surface area contributed by atoms with E-state index in [1.54, 1.807) is 0 Å². The van der Waals surface area contributed by atoms with E-state index < -0.39 is 7.26 Å². The molecule has 0 aliphatic heterocycles. The summed E-state index contributed by atoms with van der Waals surface area (Å²) < 4.78 is 13.8. The van der Waals surface area contributed by atoms with Crippen molar-refractivity contribution < 1.29 is 21.4 Å². The average Bonchev–Trinajstić information content (AvgIpc) is 2.90. The third kappa shape index (κ3) is 5.05. The molecule has 0 spiro atoms. The van der Waals surface area contributed by atoms with Crippen molar-refractivity contribution in [3.05, 3.63) is 144 Å². The van der Waals surface area contributed by atoms with Gasteiger partial charge in [-0.05, 0) is 79.6 Å². The van der Waals surface area contributed by atoms with E-state index in [0.717, 1.165) is 28.7 Å². The van der Waals surface area contributed by atoms with E-state index in [2.05, 4.69) is 104 Å². The quantitative estimate of drug-likeness (QED) is 0.289. The van der Waals surface area contributed by atoms with Crippen LogP contribution < -0.4 is 32.9 Å².